The Morgan fingerprint density at radius 2 is 2.21 bits per heavy atom. The molecule has 3 N–H and O–H groups in total. The van der Waals surface area contributed by atoms with Gasteiger partial charge < -0.3 is 9.72 Å². The number of hydrogen-bond acceptors (Lipinski definition) is 8. The van der Waals surface area contributed by atoms with Gasteiger partial charge in [0.05, 0.1) is 5.69 Å². The average molecular weight is 372 g/mol. The van der Waals surface area contributed by atoms with Crippen LogP contribution in [0.5, 0.6) is 0 Å². The van der Waals surface area contributed by atoms with E-state index in [9.17, 15) is 22.8 Å². The Morgan fingerprint density at radius 1 is 1.50 bits per heavy atom. The minimum Gasteiger partial charge on any atom is -0.457 e. The van der Waals surface area contributed by atoms with Crippen LogP contribution in [0.4, 0.5) is 5.13 Å². The molecule has 2 rings (SSSR count). The van der Waals surface area contributed by atoms with Crippen LogP contribution in [0.25, 0.3) is 0 Å². The largest absolute Gasteiger partial charge is 0.457 e. The van der Waals surface area contributed by atoms with Gasteiger partial charge in [-0.15, -0.1) is 0 Å². The van der Waals surface area contributed by atoms with Crippen LogP contribution in [0.2, 0.25) is 0 Å². The number of anilines is 1. The molecule has 0 atom stereocenters. The van der Waals surface area contributed by atoms with E-state index in [0.717, 1.165) is 17.5 Å². The molecule has 12 heteroatoms. The molecule has 2 heterocycles. The molecule has 0 unspecified atom stereocenters. The van der Waals surface area contributed by atoms with Gasteiger partial charge in [0.25, 0.3) is 15.6 Å². The number of esters is 1. The second-order valence-corrected chi connectivity index (χ2v) is 7.01. The Hall–Kier alpha value is -2.73. The second kappa shape index (κ2) is 6.80. The van der Waals surface area contributed by atoms with Crippen molar-refractivity contribution in [2.45, 2.75) is 11.8 Å². The molecule has 0 spiro atoms. The van der Waals surface area contributed by atoms with Crippen LogP contribution in [0.1, 0.15) is 15.4 Å². The number of aromatic nitrogens is 3. The molecule has 128 valence electrons. The highest BCUT2D eigenvalue weighted by molar-refractivity contribution is 7.93. The summed E-state index contributed by atoms with van der Waals surface area (Å²) < 4.78 is 31.3. The van der Waals surface area contributed by atoms with Crippen molar-refractivity contribution >= 4 is 32.5 Å². The minimum absolute atomic E-state index is 0.00396. The van der Waals surface area contributed by atoms with E-state index < -0.39 is 32.1 Å². The number of nitrogens with zero attached hydrogens (tertiary/aromatic N) is 1. The maximum Gasteiger partial charge on any atom is 0.350 e. The molecule has 0 saturated heterocycles. The molecule has 2 aromatic rings. The van der Waals surface area contributed by atoms with E-state index in [4.69, 9.17) is 4.74 Å². The van der Waals surface area contributed by atoms with Gasteiger partial charge in [-0.05, 0) is 6.92 Å². The van der Waals surface area contributed by atoms with E-state index >= 15 is 0 Å². The van der Waals surface area contributed by atoms with Gasteiger partial charge in [-0.1, -0.05) is 24.0 Å². The van der Waals surface area contributed by atoms with Crippen LogP contribution in [0.3, 0.4) is 0 Å². The number of sulfonamides is 1. The summed E-state index contributed by atoms with van der Waals surface area (Å²) in [6.45, 7) is 4.92. The summed E-state index contributed by atoms with van der Waals surface area (Å²) in [7, 11) is -4.29. The molecule has 10 nitrogen and oxygen atoms in total. The highest BCUT2D eigenvalue weighted by Gasteiger charge is 2.23. The first-order valence-corrected chi connectivity index (χ1v) is 8.65. The fraction of sp³-hybridized carbons (Fsp3) is 0.167. The molecular formula is C12H12N4O6S2. The van der Waals surface area contributed by atoms with Gasteiger partial charge in [-0.2, -0.15) is 0 Å². The molecule has 0 aliphatic rings. The standard InChI is InChI=1S/C12H12N4O6S2/c1-3-4-22-10(18)8-6(2)14-12(23-8)16-24(20,21)7-5-13-11(19)15-9(7)17/h3,5H,1,4H2,2H3,(H,14,16)(H2,13,15,17,19). The Kier molecular flexibility index (Phi) is 4.99. The summed E-state index contributed by atoms with van der Waals surface area (Å²) in [6.07, 6.45) is 2.16. The molecule has 2 aromatic heterocycles. The first-order valence-electron chi connectivity index (χ1n) is 6.35. The van der Waals surface area contributed by atoms with Gasteiger partial charge in [0.15, 0.2) is 10.0 Å². The smallest absolute Gasteiger partial charge is 0.350 e. The van der Waals surface area contributed by atoms with E-state index in [0.29, 0.717) is 0 Å². The quantitative estimate of drug-likeness (QED) is 0.476. The number of rotatable bonds is 6. The highest BCUT2D eigenvalue weighted by atomic mass is 32.2. The zero-order valence-electron chi connectivity index (χ0n) is 12.3. The zero-order chi connectivity index (χ0) is 17.9. The third-order valence-corrected chi connectivity index (χ3v) is 5.14. The number of aromatic amines is 2. The fourth-order valence-electron chi connectivity index (χ4n) is 1.60. The molecule has 0 fully saturated rings. The number of carbonyl (C=O) groups is 1. The minimum atomic E-state index is -4.29. The van der Waals surface area contributed by atoms with E-state index in [2.05, 4.69) is 21.3 Å². The Morgan fingerprint density at radius 3 is 2.83 bits per heavy atom. The van der Waals surface area contributed by atoms with Crippen LogP contribution in [0.15, 0.2) is 33.3 Å². The van der Waals surface area contributed by atoms with Crippen molar-refractivity contribution in [3.8, 4) is 0 Å². The van der Waals surface area contributed by atoms with Crippen LogP contribution in [-0.4, -0.2) is 35.9 Å². The van der Waals surface area contributed by atoms with Gasteiger partial charge in [0.1, 0.15) is 11.5 Å². The summed E-state index contributed by atoms with van der Waals surface area (Å²) in [5.74, 6) is -0.669. The number of nitrogens with one attached hydrogen (secondary N) is 3. The topological polar surface area (TPSA) is 151 Å². The van der Waals surface area contributed by atoms with Crippen molar-refractivity contribution in [3.05, 3.63) is 50.3 Å². The Bertz CT molecular complexity index is 1000. The van der Waals surface area contributed by atoms with Crippen molar-refractivity contribution < 1.29 is 17.9 Å². The molecule has 0 saturated carbocycles. The summed E-state index contributed by atoms with van der Waals surface area (Å²) >= 11 is 0.754. The lowest BCUT2D eigenvalue weighted by molar-refractivity contribution is 0.0554. The number of H-pyrrole nitrogens is 2. The van der Waals surface area contributed by atoms with Crippen molar-refractivity contribution in [1.29, 1.82) is 0 Å². The number of hydrogen-bond donors (Lipinski definition) is 3. The lowest BCUT2D eigenvalue weighted by Gasteiger charge is -2.03. The van der Waals surface area contributed by atoms with Crippen molar-refractivity contribution in [2.75, 3.05) is 11.3 Å². The molecule has 0 amide bonds. The van der Waals surface area contributed by atoms with Crippen LogP contribution >= 0.6 is 11.3 Å². The third kappa shape index (κ3) is 3.78. The van der Waals surface area contributed by atoms with Crippen molar-refractivity contribution in [1.82, 2.24) is 15.0 Å². The van der Waals surface area contributed by atoms with Crippen LogP contribution < -0.4 is 16.0 Å². The van der Waals surface area contributed by atoms with E-state index in [-0.39, 0.29) is 22.3 Å². The number of thiazole rings is 1. The fourth-order valence-corrected chi connectivity index (χ4v) is 3.70. The number of aryl methyl sites for hydroxylation is 1. The molecule has 0 radical (unpaired) electrons. The zero-order valence-corrected chi connectivity index (χ0v) is 13.9. The van der Waals surface area contributed by atoms with E-state index in [1.54, 1.807) is 4.98 Å². The lowest BCUT2D eigenvalue weighted by Crippen LogP contribution is -2.29. The monoisotopic (exact) mass is 372 g/mol. The Balaban J connectivity index is 2.30. The predicted octanol–water partition coefficient (Wildman–Crippen LogP) is -0.0283. The van der Waals surface area contributed by atoms with E-state index in [1.807, 2.05) is 0 Å². The summed E-state index contributed by atoms with van der Waals surface area (Å²) in [6, 6.07) is 0. The van der Waals surface area contributed by atoms with E-state index in [1.165, 1.54) is 13.0 Å². The second-order valence-electron chi connectivity index (χ2n) is 4.36. The summed E-state index contributed by atoms with van der Waals surface area (Å²) in [4.78, 5) is 41.5. The maximum absolute atomic E-state index is 12.2. The van der Waals surface area contributed by atoms with Crippen LogP contribution in [0, 0.1) is 6.92 Å². The van der Waals surface area contributed by atoms with Gasteiger partial charge in [0.2, 0.25) is 0 Å². The highest BCUT2D eigenvalue weighted by Crippen LogP contribution is 2.25. The average Bonchev–Trinajstić information content (AvgIpc) is 2.84. The molecule has 24 heavy (non-hydrogen) atoms. The number of ether oxygens (including phenoxy) is 1. The van der Waals surface area contributed by atoms with Gasteiger partial charge in [0, 0.05) is 6.20 Å². The first kappa shape index (κ1) is 17.6. The number of carbonyl (C=O) groups excluding carboxylic acids is 1. The summed E-state index contributed by atoms with van der Waals surface area (Å²) in [5, 5.41) is -0.122. The maximum atomic E-state index is 12.2. The van der Waals surface area contributed by atoms with Crippen LogP contribution in [-0.2, 0) is 14.8 Å². The molecule has 0 aliphatic heterocycles. The van der Waals surface area contributed by atoms with Gasteiger partial charge in [-0.25, -0.2) is 23.0 Å². The first-order chi connectivity index (χ1) is 11.2. The molecular weight excluding hydrogens is 360 g/mol. The summed E-state index contributed by atoms with van der Waals surface area (Å²) in [5.41, 5.74) is -1.65. The third-order valence-electron chi connectivity index (χ3n) is 2.61. The Labute approximate surface area is 139 Å². The molecule has 0 aliphatic carbocycles. The van der Waals surface area contributed by atoms with Gasteiger partial charge >= 0.3 is 11.7 Å². The van der Waals surface area contributed by atoms with Gasteiger partial charge in [-0.3, -0.25) is 14.5 Å². The predicted molar refractivity (Wildman–Crippen MR) is 85.8 cm³/mol. The molecule has 0 aromatic carbocycles. The van der Waals surface area contributed by atoms with Crippen molar-refractivity contribution in [2.24, 2.45) is 0 Å². The van der Waals surface area contributed by atoms with Crippen molar-refractivity contribution in [3.63, 3.8) is 0 Å². The molecule has 0 bridgehead atoms. The SMILES string of the molecule is C=CCOC(=O)c1sc(NS(=O)(=O)c2c[nH]c(=O)[nH]c2=O)nc1C. The lowest BCUT2D eigenvalue weighted by atomic mass is 10.4. The normalized spacial score (nSPS) is 11.0.